The number of carbonyl (C=O) groups is 1. The second-order valence-electron chi connectivity index (χ2n) is 6.02. The first-order valence-corrected chi connectivity index (χ1v) is 7.95. The highest BCUT2D eigenvalue weighted by molar-refractivity contribution is 5.76. The molecule has 1 aliphatic carbocycles. The van der Waals surface area contributed by atoms with Crippen molar-refractivity contribution in [3.05, 3.63) is 53.9 Å². The first-order chi connectivity index (χ1) is 11.8. The Kier molecular flexibility index (Phi) is 3.82. The van der Waals surface area contributed by atoms with E-state index in [9.17, 15) is 4.79 Å². The molecule has 7 nitrogen and oxygen atoms in total. The number of fused-ring (bicyclic) bond motifs is 1. The quantitative estimate of drug-likeness (QED) is 0.753. The zero-order chi connectivity index (χ0) is 16.4. The Morgan fingerprint density at radius 3 is 2.92 bits per heavy atom. The van der Waals surface area contributed by atoms with Gasteiger partial charge in [0.05, 0.1) is 6.04 Å². The molecule has 0 spiro atoms. The first kappa shape index (κ1) is 14.6. The number of nitrogens with zero attached hydrogens (tertiary/aromatic N) is 3. The number of carbonyl (C=O) groups excluding carboxylic acids is 1. The predicted octanol–water partition coefficient (Wildman–Crippen LogP) is 2.57. The zero-order valence-electron chi connectivity index (χ0n) is 13.0. The highest BCUT2D eigenvalue weighted by Gasteiger charge is 2.33. The Labute approximate surface area is 138 Å². The topological polar surface area (TPSA) is 92.9 Å². The third-order valence-electron chi connectivity index (χ3n) is 4.19. The standard InChI is InChI=1S/C17H17N5O2/c23-17(19-9-11-3-6-14-15(8-11)22-24-21-14)20-16(12-4-5-12)13-2-1-7-18-10-13/h1-3,6-8,10,12,16H,4-5,9H2,(H2,19,20,23). The molecule has 7 heteroatoms. The number of hydrogen-bond acceptors (Lipinski definition) is 5. The van der Waals surface area contributed by atoms with E-state index in [0.717, 1.165) is 24.0 Å². The summed E-state index contributed by atoms with van der Waals surface area (Å²) in [6.45, 7) is 0.416. The summed E-state index contributed by atoms with van der Waals surface area (Å²) in [6.07, 6.45) is 5.82. The largest absolute Gasteiger partial charge is 0.334 e. The van der Waals surface area contributed by atoms with E-state index < -0.39 is 0 Å². The average Bonchev–Trinajstić information content (AvgIpc) is 3.35. The van der Waals surface area contributed by atoms with Gasteiger partial charge in [0.2, 0.25) is 0 Å². The van der Waals surface area contributed by atoms with Crippen molar-refractivity contribution in [3.8, 4) is 0 Å². The zero-order valence-corrected chi connectivity index (χ0v) is 13.0. The molecule has 1 aromatic carbocycles. The minimum absolute atomic E-state index is 0.0147. The minimum Gasteiger partial charge on any atom is -0.334 e. The number of hydrogen-bond donors (Lipinski definition) is 2. The molecule has 2 N–H and O–H groups in total. The maximum Gasteiger partial charge on any atom is 0.315 e. The lowest BCUT2D eigenvalue weighted by molar-refractivity contribution is 0.235. The molecular formula is C17H17N5O2. The van der Waals surface area contributed by atoms with E-state index in [-0.39, 0.29) is 12.1 Å². The number of amides is 2. The van der Waals surface area contributed by atoms with Crippen LogP contribution >= 0.6 is 0 Å². The molecule has 1 saturated carbocycles. The van der Waals surface area contributed by atoms with Crippen LogP contribution in [-0.2, 0) is 6.54 Å². The summed E-state index contributed by atoms with van der Waals surface area (Å²) in [7, 11) is 0. The van der Waals surface area contributed by atoms with E-state index in [1.165, 1.54) is 0 Å². The van der Waals surface area contributed by atoms with Gasteiger partial charge in [-0.15, -0.1) is 0 Å². The van der Waals surface area contributed by atoms with Crippen LogP contribution in [0.3, 0.4) is 0 Å². The Hall–Kier alpha value is -2.96. The molecule has 1 atom stereocenters. The van der Waals surface area contributed by atoms with Gasteiger partial charge in [-0.3, -0.25) is 4.98 Å². The van der Waals surface area contributed by atoms with Crippen LogP contribution < -0.4 is 10.6 Å². The molecule has 3 aromatic rings. The van der Waals surface area contributed by atoms with Crippen molar-refractivity contribution in [2.24, 2.45) is 5.92 Å². The van der Waals surface area contributed by atoms with Crippen LogP contribution in [0.25, 0.3) is 11.0 Å². The van der Waals surface area contributed by atoms with Crippen LogP contribution in [0.15, 0.2) is 47.4 Å². The van der Waals surface area contributed by atoms with Crippen molar-refractivity contribution in [2.75, 3.05) is 0 Å². The number of urea groups is 1. The smallest absolute Gasteiger partial charge is 0.315 e. The van der Waals surface area contributed by atoms with Gasteiger partial charge in [0.1, 0.15) is 11.0 Å². The van der Waals surface area contributed by atoms with E-state index >= 15 is 0 Å². The summed E-state index contributed by atoms with van der Waals surface area (Å²) in [5.74, 6) is 0.498. The van der Waals surface area contributed by atoms with Gasteiger partial charge in [0.15, 0.2) is 0 Å². The summed E-state index contributed by atoms with van der Waals surface area (Å²) < 4.78 is 4.67. The van der Waals surface area contributed by atoms with Gasteiger partial charge in [0, 0.05) is 18.9 Å². The van der Waals surface area contributed by atoms with Crippen LogP contribution in [0.2, 0.25) is 0 Å². The monoisotopic (exact) mass is 323 g/mol. The molecule has 0 radical (unpaired) electrons. The molecule has 0 bridgehead atoms. The summed E-state index contributed by atoms with van der Waals surface area (Å²) >= 11 is 0. The Balaban J connectivity index is 1.38. The molecule has 1 fully saturated rings. The molecule has 2 heterocycles. The van der Waals surface area contributed by atoms with Crippen molar-refractivity contribution in [1.82, 2.24) is 25.9 Å². The minimum atomic E-state index is -0.186. The van der Waals surface area contributed by atoms with E-state index in [0.29, 0.717) is 23.5 Å². The number of benzene rings is 1. The molecule has 1 aliphatic rings. The average molecular weight is 323 g/mol. The fourth-order valence-electron chi connectivity index (χ4n) is 2.78. The maximum absolute atomic E-state index is 12.3. The molecule has 2 aromatic heterocycles. The van der Waals surface area contributed by atoms with E-state index in [4.69, 9.17) is 0 Å². The second-order valence-corrected chi connectivity index (χ2v) is 6.02. The van der Waals surface area contributed by atoms with Crippen LogP contribution in [-0.4, -0.2) is 21.3 Å². The van der Waals surface area contributed by atoms with Crippen molar-refractivity contribution in [1.29, 1.82) is 0 Å². The normalized spacial score (nSPS) is 15.2. The summed E-state index contributed by atoms with van der Waals surface area (Å²) in [5, 5.41) is 13.5. The van der Waals surface area contributed by atoms with Gasteiger partial charge in [-0.25, -0.2) is 9.42 Å². The lowest BCUT2D eigenvalue weighted by atomic mass is 10.1. The molecule has 24 heavy (non-hydrogen) atoms. The first-order valence-electron chi connectivity index (χ1n) is 7.95. The van der Waals surface area contributed by atoms with Crippen molar-refractivity contribution in [3.63, 3.8) is 0 Å². The van der Waals surface area contributed by atoms with E-state index in [1.807, 2.05) is 36.5 Å². The molecule has 4 rings (SSSR count). The van der Waals surface area contributed by atoms with E-state index in [2.05, 4.69) is 30.6 Å². The Bertz CT molecular complexity index is 844. The number of pyridine rings is 1. The maximum atomic E-state index is 12.3. The summed E-state index contributed by atoms with van der Waals surface area (Å²) in [4.78, 5) is 16.4. The van der Waals surface area contributed by atoms with Crippen LogP contribution in [0.1, 0.15) is 30.0 Å². The SMILES string of the molecule is O=C(NCc1ccc2nonc2c1)NC(c1cccnc1)C1CC1. The van der Waals surface area contributed by atoms with Crippen molar-refractivity contribution >= 4 is 17.1 Å². The van der Waals surface area contributed by atoms with Gasteiger partial charge in [-0.2, -0.15) is 0 Å². The summed E-state index contributed by atoms with van der Waals surface area (Å²) in [5.41, 5.74) is 3.37. The van der Waals surface area contributed by atoms with Crippen molar-refractivity contribution < 1.29 is 9.42 Å². The lowest BCUT2D eigenvalue weighted by Crippen LogP contribution is -2.38. The highest BCUT2D eigenvalue weighted by atomic mass is 16.6. The van der Waals surface area contributed by atoms with Gasteiger partial charge in [-0.05, 0) is 58.4 Å². The van der Waals surface area contributed by atoms with Crippen molar-refractivity contribution in [2.45, 2.75) is 25.4 Å². The van der Waals surface area contributed by atoms with Crippen LogP contribution in [0.4, 0.5) is 4.79 Å². The third kappa shape index (κ3) is 3.19. The molecule has 122 valence electrons. The molecule has 2 amide bonds. The third-order valence-corrected chi connectivity index (χ3v) is 4.19. The number of nitrogens with one attached hydrogen (secondary N) is 2. The van der Waals surface area contributed by atoms with Gasteiger partial charge < -0.3 is 10.6 Å². The fraction of sp³-hybridized carbons (Fsp3) is 0.294. The summed E-state index contributed by atoms with van der Waals surface area (Å²) in [6, 6.07) is 9.30. The molecule has 0 aliphatic heterocycles. The molecular weight excluding hydrogens is 306 g/mol. The fourth-order valence-corrected chi connectivity index (χ4v) is 2.78. The second kappa shape index (κ2) is 6.27. The van der Waals surface area contributed by atoms with Gasteiger partial charge in [0.25, 0.3) is 0 Å². The molecule has 1 unspecified atom stereocenters. The predicted molar refractivity (Wildman–Crippen MR) is 86.9 cm³/mol. The van der Waals surface area contributed by atoms with Crippen LogP contribution in [0, 0.1) is 5.92 Å². The van der Waals surface area contributed by atoms with Gasteiger partial charge >= 0.3 is 6.03 Å². The Morgan fingerprint density at radius 1 is 1.25 bits per heavy atom. The van der Waals surface area contributed by atoms with Gasteiger partial charge in [-0.1, -0.05) is 12.1 Å². The van der Waals surface area contributed by atoms with E-state index in [1.54, 1.807) is 6.20 Å². The molecule has 0 saturated heterocycles. The number of rotatable bonds is 5. The highest BCUT2D eigenvalue weighted by Crippen LogP contribution is 2.40. The Morgan fingerprint density at radius 2 is 2.12 bits per heavy atom. The lowest BCUT2D eigenvalue weighted by Gasteiger charge is -2.18. The van der Waals surface area contributed by atoms with Crippen LogP contribution in [0.5, 0.6) is 0 Å². The number of aromatic nitrogens is 3.